The Morgan fingerprint density at radius 1 is 1.20 bits per heavy atom. The molecule has 0 bridgehead atoms. The summed E-state index contributed by atoms with van der Waals surface area (Å²) >= 11 is 5.80. The summed E-state index contributed by atoms with van der Waals surface area (Å²) in [5.41, 5.74) is 2.72. The van der Waals surface area contributed by atoms with Crippen LogP contribution in [0.4, 0.5) is 0 Å². The van der Waals surface area contributed by atoms with E-state index in [4.69, 9.17) is 11.6 Å². The molecule has 2 heteroatoms. The van der Waals surface area contributed by atoms with Crippen LogP contribution < -0.4 is 5.32 Å². The lowest BCUT2D eigenvalue weighted by molar-refractivity contribution is 0.765. The van der Waals surface area contributed by atoms with E-state index in [9.17, 15) is 0 Å². The maximum atomic E-state index is 5.80. The Morgan fingerprint density at radius 3 is 2.90 bits per heavy atom. The van der Waals surface area contributed by atoms with Crippen molar-refractivity contribution in [1.82, 2.24) is 5.32 Å². The number of rotatable bonds is 0. The van der Waals surface area contributed by atoms with Gasteiger partial charge in [0.2, 0.25) is 0 Å². The lowest BCUT2D eigenvalue weighted by Gasteiger charge is -1.95. The summed E-state index contributed by atoms with van der Waals surface area (Å²) in [6.45, 7) is 1.96. The molecular formula is C8H8ClN. The fourth-order valence-corrected chi connectivity index (χ4v) is 1.46. The van der Waals surface area contributed by atoms with Gasteiger partial charge in [0.25, 0.3) is 0 Å². The highest BCUT2D eigenvalue weighted by Crippen LogP contribution is 2.19. The Morgan fingerprint density at radius 2 is 2.00 bits per heavy atom. The summed E-state index contributed by atoms with van der Waals surface area (Å²) in [7, 11) is 0. The van der Waals surface area contributed by atoms with E-state index in [2.05, 4.69) is 11.4 Å². The van der Waals surface area contributed by atoms with Gasteiger partial charge in [0, 0.05) is 18.1 Å². The third kappa shape index (κ3) is 0.917. The zero-order chi connectivity index (χ0) is 6.97. The highest BCUT2D eigenvalue weighted by atomic mass is 35.5. The van der Waals surface area contributed by atoms with Crippen molar-refractivity contribution in [1.29, 1.82) is 0 Å². The largest absolute Gasteiger partial charge is 0.309 e. The third-order valence-corrected chi connectivity index (χ3v) is 2.03. The maximum absolute atomic E-state index is 5.80. The predicted molar refractivity (Wildman–Crippen MR) is 42.0 cm³/mol. The Hall–Kier alpha value is -0.530. The van der Waals surface area contributed by atoms with E-state index in [1.54, 1.807) is 0 Å². The molecule has 1 aliphatic rings. The van der Waals surface area contributed by atoms with Crippen LogP contribution in [0.1, 0.15) is 11.1 Å². The summed E-state index contributed by atoms with van der Waals surface area (Å²) in [4.78, 5) is 0. The van der Waals surface area contributed by atoms with Crippen LogP contribution in [0.3, 0.4) is 0 Å². The van der Waals surface area contributed by atoms with Crippen molar-refractivity contribution in [3.63, 3.8) is 0 Å². The Labute approximate surface area is 65.0 Å². The summed E-state index contributed by atoms with van der Waals surface area (Å²) in [6, 6.07) is 6.04. The van der Waals surface area contributed by atoms with Crippen molar-refractivity contribution in [2.45, 2.75) is 13.1 Å². The van der Waals surface area contributed by atoms with Crippen molar-refractivity contribution < 1.29 is 0 Å². The van der Waals surface area contributed by atoms with Gasteiger partial charge in [-0.3, -0.25) is 0 Å². The Bertz CT molecular complexity index is 257. The second kappa shape index (κ2) is 2.26. The van der Waals surface area contributed by atoms with Crippen LogP contribution in [0.5, 0.6) is 0 Å². The molecule has 0 radical (unpaired) electrons. The van der Waals surface area contributed by atoms with Crippen LogP contribution in [0.15, 0.2) is 18.2 Å². The number of benzene rings is 1. The first-order chi connectivity index (χ1) is 4.86. The van der Waals surface area contributed by atoms with Gasteiger partial charge >= 0.3 is 0 Å². The third-order valence-electron chi connectivity index (χ3n) is 1.80. The maximum Gasteiger partial charge on any atom is 0.0409 e. The number of fused-ring (bicyclic) bond motifs is 1. The summed E-state index contributed by atoms with van der Waals surface area (Å²) in [5.74, 6) is 0. The average Bonchev–Trinajstić information content (AvgIpc) is 2.33. The SMILES string of the molecule is Clc1ccc2c(c1)CNC2. The van der Waals surface area contributed by atoms with E-state index in [1.165, 1.54) is 11.1 Å². The van der Waals surface area contributed by atoms with Crippen LogP contribution in [-0.4, -0.2) is 0 Å². The summed E-state index contributed by atoms with van der Waals surface area (Å²) in [5, 5.41) is 4.09. The van der Waals surface area contributed by atoms with Crippen LogP contribution >= 0.6 is 11.6 Å². The van der Waals surface area contributed by atoms with Gasteiger partial charge in [0.05, 0.1) is 0 Å². The van der Waals surface area contributed by atoms with E-state index in [-0.39, 0.29) is 0 Å². The van der Waals surface area contributed by atoms with Gasteiger partial charge in [-0.1, -0.05) is 17.7 Å². The molecule has 1 N–H and O–H groups in total. The van der Waals surface area contributed by atoms with Gasteiger partial charge in [0.1, 0.15) is 0 Å². The molecule has 10 heavy (non-hydrogen) atoms. The molecule has 1 aromatic rings. The average molecular weight is 154 g/mol. The molecule has 0 aromatic heterocycles. The van der Waals surface area contributed by atoms with Gasteiger partial charge in [-0.25, -0.2) is 0 Å². The summed E-state index contributed by atoms with van der Waals surface area (Å²) in [6.07, 6.45) is 0. The molecular weight excluding hydrogens is 146 g/mol. The molecule has 1 nitrogen and oxygen atoms in total. The first-order valence-electron chi connectivity index (χ1n) is 3.34. The number of hydrogen-bond acceptors (Lipinski definition) is 1. The minimum absolute atomic E-state index is 0.836. The zero-order valence-electron chi connectivity index (χ0n) is 5.52. The molecule has 0 aliphatic carbocycles. The first-order valence-corrected chi connectivity index (χ1v) is 3.72. The Balaban J connectivity index is 2.52. The minimum Gasteiger partial charge on any atom is -0.309 e. The molecule has 0 spiro atoms. The molecule has 1 heterocycles. The van der Waals surface area contributed by atoms with E-state index in [0.29, 0.717) is 0 Å². The second-order valence-electron chi connectivity index (χ2n) is 2.52. The quantitative estimate of drug-likeness (QED) is 0.601. The molecule has 0 fully saturated rings. The molecule has 52 valence electrons. The highest BCUT2D eigenvalue weighted by molar-refractivity contribution is 6.30. The molecule has 0 saturated carbocycles. The van der Waals surface area contributed by atoms with Crippen molar-refractivity contribution in [3.05, 3.63) is 34.3 Å². The van der Waals surface area contributed by atoms with Crippen LogP contribution in [0.25, 0.3) is 0 Å². The van der Waals surface area contributed by atoms with Crippen LogP contribution in [-0.2, 0) is 13.1 Å². The fraction of sp³-hybridized carbons (Fsp3) is 0.250. The van der Waals surface area contributed by atoms with Gasteiger partial charge in [-0.05, 0) is 23.3 Å². The van der Waals surface area contributed by atoms with Crippen LogP contribution in [0.2, 0.25) is 5.02 Å². The Kier molecular flexibility index (Phi) is 1.40. The van der Waals surface area contributed by atoms with Gasteiger partial charge in [-0.2, -0.15) is 0 Å². The molecule has 1 aromatic carbocycles. The standard InChI is InChI=1S/C8H8ClN/c9-8-2-1-6-4-10-5-7(6)3-8/h1-3,10H,4-5H2. The lowest BCUT2D eigenvalue weighted by Crippen LogP contribution is -1.99. The van der Waals surface area contributed by atoms with E-state index in [0.717, 1.165) is 18.1 Å². The van der Waals surface area contributed by atoms with E-state index in [1.807, 2.05) is 12.1 Å². The molecule has 0 amide bonds. The summed E-state index contributed by atoms with van der Waals surface area (Å²) < 4.78 is 0. The van der Waals surface area contributed by atoms with Gasteiger partial charge < -0.3 is 5.32 Å². The van der Waals surface area contributed by atoms with E-state index < -0.39 is 0 Å². The fourth-order valence-electron chi connectivity index (χ4n) is 1.26. The van der Waals surface area contributed by atoms with Gasteiger partial charge in [0.15, 0.2) is 0 Å². The van der Waals surface area contributed by atoms with Crippen molar-refractivity contribution >= 4 is 11.6 Å². The first kappa shape index (κ1) is 6.20. The van der Waals surface area contributed by atoms with Crippen molar-refractivity contribution in [2.24, 2.45) is 0 Å². The predicted octanol–water partition coefficient (Wildman–Crippen LogP) is 1.94. The molecule has 0 saturated heterocycles. The molecule has 1 aliphatic heterocycles. The molecule has 0 unspecified atom stereocenters. The topological polar surface area (TPSA) is 12.0 Å². The lowest BCUT2D eigenvalue weighted by atomic mass is 10.1. The monoisotopic (exact) mass is 153 g/mol. The highest BCUT2D eigenvalue weighted by Gasteiger charge is 2.08. The minimum atomic E-state index is 0.836. The zero-order valence-corrected chi connectivity index (χ0v) is 6.28. The smallest absolute Gasteiger partial charge is 0.0409 e. The molecule has 0 atom stereocenters. The molecule has 2 rings (SSSR count). The number of hydrogen-bond donors (Lipinski definition) is 1. The van der Waals surface area contributed by atoms with Gasteiger partial charge in [-0.15, -0.1) is 0 Å². The van der Waals surface area contributed by atoms with Crippen molar-refractivity contribution in [3.8, 4) is 0 Å². The van der Waals surface area contributed by atoms with Crippen LogP contribution in [0, 0.1) is 0 Å². The second-order valence-corrected chi connectivity index (χ2v) is 2.95. The normalized spacial score (nSPS) is 15.3. The number of halogens is 1. The number of nitrogens with one attached hydrogen (secondary N) is 1. The van der Waals surface area contributed by atoms with E-state index >= 15 is 0 Å². The van der Waals surface area contributed by atoms with Crippen molar-refractivity contribution in [2.75, 3.05) is 0 Å².